The van der Waals surface area contributed by atoms with Crippen molar-refractivity contribution in [2.24, 2.45) is 11.3 Å². The summed E-state index contributed by atoms with van der Waals surface area (Å²) < 4.78 is 5.90. The Bertz CT molecular complexity index is 658. The molecule has 0 N–H and O–H groups in total. The monoisotopic (exact) mass is 269 g/mol. The zero-order chi connectivity index (χ0) is 14.3. The van der Waals surface area contributed by atoms with Crippen molar-refractivity contribution in [3.63, 3.8) is 0 Å². The van der Waals surface area contributed by atoms with E-state index < -0.39 is 0 Å². The van der Waals surface area contributed by atoms with Gasteiger partial charge in [-0.25, -0.2) is 4.98 Å². The Morgan fingerprint density at radius 3 is 2.70 bits per heavy atom. The molecule has 2 nitrogen and oxygen atoms in total. The van der Waals surface area contributed by atoms with Crippen molar-refractivity contribution in [2.45, 2.75) is 47.0 Å². The highest BCUT2D eigenvalue weighted by atomic mass is 16.3. The Morgan fingerprint density at radius 2 is 2.05 bits per heavy atom. The summed E-state index contributed by atoms with van der Waals surface area (Å²) in [7, 11) is 0. The summed E-state index contributed by atoms with van der Waals surface area (Å²) in [6.45, 7) is 9.08. The molecular formula is C18H23NO. The van der Waals surface area contributed by atoms with Gasteiger partial charge in [-0.2, -0.15) is 0 Å². The van der Waals surface area contributed by atoms with Crippen LogP contribution in [0.25, 0.3) is 16.7 Å². The van der Waals surface area contributed by atoms with Gasteiger partial charge in [0.25, 0.3) is 0 Å². The molecule has 3 rings (SSSR count). The van der Waals surface area contributed by atoms with Gasteiger partial charge in [-0.3, -0.25) is 0 Å². The highest BCUT2D eigenvalue weighted by Crippen LogP contribution is 2.39. The third-order valence-corrected chi connectivity index (χ3v) is 4.45. The zero-order valence-electron chi connectivity index (χ0n) is 12.9. The molecule has 1 aliphatic carbocycles. The standard InChI is InChI=1S/C18H23NO/c1-12-5-10-16-15(11-12)19-17(20-16)13-6-8-14(9-7-13)18(2,3)4/h5-6,10-11,14H,7-9H2,1-4H3. The Hall–Kier alpha value is -1.57. The lowest BCUT2D eigenvalue weighted by Crippen LogP contribution is -2.21. The van der Waals surface area contributed by atoms with Gasteiger partial charge in [0.05, 0.1) is 0 Å². The molecule has 0 amide bonds. The van der Waals surface area contributed by atoms with E-state index in [0.717, 1.165) is 35.7 Å². The maximum absolute atomic E-state index is 5.90. The minimum atomic E-state index is 0.389. The van der Waals surface area contributed by atoms with E-state index in [1.165, 1.54) is 17.6 Å². The molecule has 20 heavy (non-hydrogen) atoms. The second-order valence-corrected chi connectivity index (χ2v) is 7.06. The lowest BCUT2D eigenvalue weighted by Gasteiger charge is -2.32. The fourth-order valence-electron chi connectivity index (χ4n) is 2.99. The van der Waals surface area contributed by atoms with Gasteiger partial charge in [0.15, 0.2) is 5.58 Å². The van der Waals surface area contributed by atoms with Crippen LogP contribution in [-0.2, 0) is 0 Å². The number of hydrogen-bond acceptors (Lipinski definition) is 2. The molecule has 1 aromatic carbocycles. The maximum Gasteiger partial charge on any atom is 0.222 e. The maximum atomic E-state index is 5.90. The first kappa shape index (κ1) is 13.4. The molecule has 0 aliphatic heterocycles. The largest absolute Gasteiger partial charge is 0.436 e. The van der Waals surface area contributed by atoms with Gasteiger partial charge >= 0.3 is 0 Å². The topological polar surface area (TPSA) is 26.0 Å². The predicted octanol–water partition coefficient (Wildman–Crippen LogP) is 5.37. The van der Waals surface area contributed by atoms with E-state index in [9.17, 15) is 0 Å². The zero-order valence-corrected chi connectivity index (χ0v) is 12.9. The van der Waals surface area contributed by atoms with Crippen molar-refractivity contribution in [1.82, 2.24) is 4.98 Å². The molecule has 1 aliphatic rings. The average Bonchev–Trinajstić information content (AvgIpc) is 2.80. The van der Waals surface area contributed by atoms with Gasteiger partial charge < -0.3 is 4.42 Å². The number of aryl methyl sites for hydroxylation is 1. The molecule has 1 heterocycles. The summed E-state index contributed by atoms with van der Waals surface area (Å²) in [6, 6.07) is 6.17. The first-order valence-corrected chi connectivity index (χ1v) is 7.50. The molecule has 1 unspecified atom stereocenters. The third kappa shape index (κ3) is 2.52. The van der Waals surface area contributed by atoms with Crippen molar-refractivity contribution in [2.75, 3.05) is 0 Å². The number of allylic oxidation sites excluding steroid dienone is 2. The van der Waals surface area contributed by atoms with Crippen LogP contribution in [0.2, 0.25) is 0 Å². The summed E-state index contributed by atoms with van der Waals surface area (Å²) in [6.07, 6.45) is 5.77. The molecule has 1 aromatic heterocycles. The van der Waals surface area contributed by atoms with Gasteiger partial charge in [-0.05, 0) is 55.2 Å². The molecule has 0 spiro atoms. The van der Waals surface area contributed by atoms with Crippen molar-refractivity contribution in [1.29, 1.82) is 0 Å². The molecule has 0 fully saturated rings. The summed E-state index contributed by atoms with van der Waals surface area (Å²) >= 11 is 0. The normalized spacial score (nSPS) is 20.2. The summed E-state index contributed by atoms with van der Waals surface area (Å²) in [5.41, 5.74) is 4.76. The van der Waals surface area contributed by atoms with E-state index in [4.69, 9.17) is 4.42 Å². The Balaban J connectivity index is 1.87. The first-order valence-electron chi connectivity index (χ1n) is 7.50. The van der Waals surface area contributed by atoms with Gasteiger partial charge in [-0.1, -0.05) is 32.9 Å². The summed E-state index contributed by atoms with van der Waals surface area (Å²) in [5.74, 6) is 1.58. The van der Waals surface area contributed by atoms with E-state index in [2.05, 4.69) is 50.9 Å². The van der Waals surface area contributed by atoms with Crippen LogP contribution in [0, 0.1) is 18.3 Å². The predicted molar refractivity (Wildman–Crippen MR) is 83.5 cm³/mol. The molecule has 0 bridgehead atoms. The van der Waals surface area contributed by atoms with Crippen LogP contribution in [0.5, 0.6) is 0 Å². The van der Waals surface area contributed by atoms with Gasteiger partial charge in [-0.15, -0.1) is 0 Å². The van der Waals surface area contributed by atoms with Crippen molar-refractivity contribution < 1.29 is 4.42 Å². The molecule has 2 aromatic rings. The van der Waals surface area contributed by atoms with Gasteiger partial charge in [0, 0.05) is 5.57 Å². The smallest absolute Gasteiger partial charge is 0.222 e. The van der Waals surface area contributed by atoms with Crippen LogP contribution < -0.4 is 0 Å². The fraction of sp³-hybridized carbons (Fsp3) is 0.500. The average molecular weight is 269 g/mol. The van der Waals surface area contributed by atoms with Gasteiger partial charge in [0.1, 0.15) is 5.52 Å². The minimum absolute atomic E-state index is 0.389. The van der Waals surface area contributed by atoms with Crippen molar-refractivity contribution in [3.8, 4) is 0 Å². The second-order valence-electron chi connectivity index (χ2n) is 7.06. The molecule has 1 atom stereocenters. The Kier molecular flexibility index (Phi) is 3.19. The fourth-order valence-corrected chi connectivity index (χ4v) is 2.99. The number of rotatable bonds is 1. The van der Waals surface area contributed by atoms with E-state index in [1.807, 2.05) is 6.07 Å². The van der Waals surface area contributed by atoms with E-state index >= 15 is 0 Å². The van der Waals surface area contributed by atoms with E-state index in [-0.39, 0.29) is 0 Å². The quantitative estimate of drug-likeness (QED) is 0.696. The van der Waals surface area contributed by atoms with Crippen molar-refractivity contribution >= 4 is 16.7 Å². The van der Waals surface area contributed by atoms with E-state index in [0.29, 0.717) is 5.41 Å². The molecule has 106 valence electrons. The lowest BCUT2D eigenvalue weighted by molar-refractivity contribution is 0.224. The number of nitrogens with zero attached hydrogens (tertiary/aromatic N) is 1. The summed E-state index contributed by atoms with van der Waals surface area (Å²) in [4.78, 5) is 4.65. The summed E-state index contributed by atoms with van der Waals surface area (Å²) in [5, 5.41) is 0. The van der Waals surface area contributed by atoms with Crippen LogP contribution in [0.4, 0.5) is 0 Å². The number of aromatic nitrogens is 1. The lowest BCUT2D eigenvalue weighted by atomic mass is 9.73. The number of fused-ring (bicyclic) bond motifs is 1. The Labute approximate surface area is 120 Å². The van der Waals surface area contributed by atoms with Crippen LogP contribution in [0.1, 0.15) is 51.5 Å². The highest BCUT2D eigenvalue weighted by molar-refractivity contribution is 5.76. The van der Waals surface area contributed by atoms with Crippen LogP contribution in [0.15, 0.2) is 28.7 Å². The minimum Gasteiger partial charge on any atom is -0.436 e. The third-order valence-electron chi connectivity index (χ3n) is 4.45. The molecule has 0 saturated heterocycles. The van der Waals surface area contributed by atoms with E-state index in [1.54, 1.807) is 0 Å². The SMILES string of the molecule is Cc1ccc2oc(C3=CCC(C(C)(C)C)CC3)nc2c1. The van der Waals surface area contributed by atoms with Crippen molar-refractivity contribution in [3.05, 3.63) is 35.7 Å². The Morgan fingerprint density at radius 1 is 1.25 bits per heavy atom. The van der Waals surface area contributed by atoms with Crippen LogP contribution in [-0.4, -0.2) is 4.98 Å². The first-order chi connectivity index (χ1) is 9.43. The molecule has 0 saturated carbocycles. The number of benzene rings is 1. The number of hydrogen-bond donors (Lipinski definition) is 0. The molecule has 0 radical (unpaired) electrons. The van der Waals surface area contributed by atoms with Crippen LogP contribution >= 0.6 is 0 Å². The second kappa shape index (κ2) is 4.76. The number of oxazole rings is 1. The molecular weight excluding hydrogens is 246 g/mol. The highest BCUT2D eigenvalue weighted by Gasteiger charge is 2.27. The van der Waals surface area contributed by atoms with Crippen LogP contribution in [0.3, 0.4) is 0 Å². The van der Waals surface area contributed by atoms with Gasteiger partial charge in [0.2, 0.25) is 5.89 Å². The molecule has 2 heteroatoms.